The maximum atomic E-state index is 13.8. The highest BCUT2D eigenvalue weighted by molar-refractivity contribution is 9.12. The summed E-state index contributed by atoms with van der Waals surface area (Å²) in [6, 6.07) is 11.6. The molecule has 5 atom stereocenters. The molecule has 184 valence electrons. The van der Waals surface area contributed by atoms with Crippen molar-refractivity contribution in [3.63, 3.8) is 0 Å². The number of benzene rings is 2. The van der Waals surface area contributed by atoms with Gasteiger partial charge in [-0.3, -0.25) is 19.2 Å². The fraction of sp³-hybridized carbons (Fsp3) is 0.360. The van der Waals surface area contributed by atoms with E-state index in [-0.39, 0.29) is 20.2 Å². The van der Waals surface area contributed by atoms with E-state index in [4.69, 9.17) is 16.3 Å². The third-order valence-electron chi connectivity index (χ3n) is 6.54. The highest BCUT2D eigenvalue weighted by Gasteiger charge is 2.55. The molecule has 2 aromatic carbocycles. The number of ether oxygens (including phenoxy) is 1. The first-order chi connectivity index (χ1) is 16.6. The lowest BCUT2D eigenvalue weighted by molar-refractivity contribution is -0.156. The monoisotopic (exact) mass is 624 g/mol. The second-order valence-corrected chi connectivity index (χ2v) is 11.4. The summed E-state index contributed by atoms with van der Waals surface area (Å²) in [6.45, 7) is 1.50. The van der Waals surface area contributed by atoms with Crippen molar-refractivity contribution < 1.29 is 23.9 Å². The molecule has 0 radical (unpaired) electrons. The van der Waals surface area contributed by atoms with Gasteiger partial charge in [0.15, 0.2) is 5.78 Å². The van der Waals surface area contributed by atoms with Crippen molar-refractivity contribution in [1.29, 1.82) is 0 Å². The Morgan fingerprint density at radius 1 is 1.00 bits per heavy atom. The Hall–Kier alpha value is -2.23. The molecule has 2 aliphatic rings. The molecule has 2 fully saturated rings. The lowest BCUT2D eigenvalue weighted by Gasteiger charge is -2.35. The van der Waals surface area contributed by atoms with Crippen LogP contribution in [0.4, 0.5) is 0 Å². The molecule has 3 amide bonds. The Kier molecular flexibility index (Phi) is 7.68. The minimum atomic E-state index is -1.15. The molecule has 1 aliphatic carbocycles. The van der Waals surface area contributed by atoms with Crippen LogP contribution < -0.4 is 4.74 Å². The average molecular weight is 627 g/mol. The predicted octanol–water partition coefficient (Wildman–Crippen LogP) is 4.90. The third-order valence-corrected chi connectivity index (χ3v) is 9.60. The van der Waals surface area contributed by atoms with Crippen molar-refractivity contribution in [1.82, 2.24) is 10.0 Å². The Bertz CT molecular complexity index is 1150. The smallest absolute Gasteiger partial charge is 0.275 e. The number of halogens is 3. The number of amides is 3. The van der Waals surface area contributed by atoms with Crippen molar-refractivity contribution in [3.8, 4) is 5.75 Å². The summed E-state index contributed by atoms with van der Waals surface area (Å²) >= 11 is 13.4. The van der Waals surface area contributed by atoms with Gasteiger partial charge in [0.05, 0.1) is 29.5 Å². The molecule has 0 unspecified atom stereocenters. The fourth-order valence-corrected chi connectivity index (χ4v) is 6.05. The van der Waals surface area contributed by atoms with Crippen LogP contribution in [-0.2, 0) is 9.59 Å². The first-order valence-electron chi connectivity index (χ1n) is 11.1. The molecular formula is C25H23Br2ClN2O5. The summed E-state index contributed by atoms with van der Waals surface area (Å²) in [6.07, 6.45) is 0.882. The van der Waals surface area contributed by atoms with Gasteiger partial charge in [0.25, 0.3) is 17.7 Å². The number of Topliss-reactive ketones (excluding diaryl/α,β-unsaturated/α-hetero) is 1. The molecule has 1 saturated heterocycles. The standard InChI is InChI=1S/C25H23Br2ClN2O5/c1-13(22(31)14-7-9-15(35-2)10-8-14)29(23(32)16-5-3-4-6-21(16)28)30-24(33)17-11-19(26)20(27)12-18(17)25(30)34/h3-10,13,17-20H,11-12H2,1-2H3/t13-,17+,18+,19-,20-/m0/s1. The van der Waals surface area contributed by atoms with Gasteiger partial charge in [0.2, 0.25) is 0 Å². The molecule has 0 aromatic heterocycles. The van der Waals surface area contributed by atoms with Gasteiger partial charge < -0.3 is 4.74 Å². The van der Waals surface area contributed by atoms with Crippen molar-refractivity contribution in [2.45, 2.75) is 35.5 Å². The molecule has 7 nitrogen and oxygen atoms in total. The summed E-state index contributed by atoms with van der Waals surface area (Å²) in [5, 5.41) is 2.00. The zero-order valence-corrected chi connectivity index (χ0v) is 22.9. The minimum Gasteiger partial charge on any atom is -0.497 e. The molecule has 35 heavy (non-hydrogen) atoms. The number of hydrogen-bond donors (Lipinski definition) is 0. The number of imide groups is 1. The molecule has 0 N–H and O–H groups in total. The van der Waals surface area contributed by atoms with Crippen LogP contribution in [0, 0.1) is 11.8 Å². The van der Waals surface area contributed by atoms with Crippen LogP contribution in [0.15, 0.2) is 48.5 Å². The first-order valence-corrected chi connectivity index (χ1v) is 13.3. The summed E-state index contributed by atoms with van der Waals surface area (Å²) in [5.74, 6) is -2.69. The zero-order chi connectivity index (χ0) is 25.4. The normalized spacial score (nSPS) is 24.7. The van der Waals surface area contributed by atoms with Crippen LogP contribution in [0.5, 0.6) is 5.75 Å². The molecule has 0 spiro atoms. The number of alkyl halides is 2. The lowest BCUT2D eigenvalue weighted by Crippen LogP contribution is -2.56. The zero-order valence-electron chi connectivity index (χ0n) is 19.0. The van der Waals surface area contributed by atoms with Gasteiger partial charge in [-0.05, 0) is 56.2 Å². The van der Waals surface area contributed by atoms with Gasteiger partial charge in [-0.25, -0.2) is 5.01 Å². The van der Waals surface area contributed by atoms with E-state index in [1.807, 2.05) is 0 Å². The predicted molar refractivity (Wildman–Crippen MR) is 138 cm³/mol. The third kappa shape index (κ3) is 4.78. The van der Waals surface area contributed by atoms with E-state index in [2.05, 4.69) is 31.9 Å². The van der Waals surface area contributed by atoms with E-state index >= 15 is 0 Å². The van der Waals surface area contributed by atoms with E-state index < -0.39 is 41.4 Å². The van der Waals surface area contributed by atoms with Crippen LogP contribution >= 0.6 is 43.5 Å². The summed E-state index contributed by atoms with van der Waals surface area (Å²) in [5.41, 5.74) is 0.406. The van der Waals surface area contributed by atoms with E-state index in [0.29, 0.717) is 24.2 Å². The SMILES string of the molecule is COc1ccc(C(=O)[C@H](C)N(C(=O)c2ccccc2Cl)N2C(=O)[C@@H]3C[C@H](Br)[C@@H](Br)C[C@H]3C2=O)cc1. The summed E-state index contributed by atoms with van der Waals surface area (Å²) in [4.78, 5) is 54.3. The number of nitrogens with zero attached hydrogens (tertiary/aromatic N) is 2. The van der Waals surface area contributed by atoms with E-state index in [1.54, 1.807) is 42.5 Å². The van der Waals surface area contributed by atoms with Gasteiger partial charge in [-0.2, -0.15) is 5.01 Å². The first kappa shape index (κ1) is 25.9. The largest absolute Gasteiger partial charge is 0.497 e. The maximum absolute atomic E-state index is 13.8. The quantitative estimate of drug-likeness (QED) is 0.259. The maximum Gasteiger partial charge on any atom is 0.275 e. The Morgan fingerprint density at radius 2 is 1.54 bits per heavy atom. The highest BCUT2D eigenvalue weighted by atomic mass is 79.9. The van der Waals surface area contributed by atoms with Crippen LogP contribution in [0.1, 0.15) is 40.5 Å². The van der Waals surface area contributed by atoms with E-state index in [1.165, 1.54) is 20.1 Å². The van der Waals surface area contributed by atoms with Crippen molar-refractivity contribution in [2.75, 3.05) is 7.11 Å². The minimum absolute atomic E-state index is 0.00604. The number of carbonyl (C=O) groups excluding carboxylic acids is 4. The fourth-order valence-electron chi connectivity index (χ4n) is 4.60. The van der Waals surface area contributed by atoms with Crippen molar-refractivity contribution in [2.24, 2.45) is 11.8 Å². The van der Waals surface area contributed by atoms with Gasteiger partial charge in [0.1, 0.15) is 11.8 Å². The van der Waals surface area contributed by atoms with Crippen molar-refractivity contribution >= 4 is 67.0 Å². The van der Waals surface area contributed by atoms with Gasteiger partial charge >= 0.3 is 0 Å². The molecule has 4 rings (SSSR count). The van der Waals surface area contributed by atoms with Gasteiger partial charge in [-0.15, -0.1) is 0 Å². The van der Waals surface area contributed by atoms with Crippen LogP contribution in [0.3, 0.4) is 0 Å². The molecular weight excluding hydrogens is 604 g/mol. The highest BCUT2D eigenvalue weighted by Crippen LogP contribution is 2.44. The van der Waals surface area contributed by atoms with Crippen molar-refractivity contribution in [3.05, 3.63) is 64.7 Å². The van der Waals surface area contributed by atoms with E-state index in [0.717, 1.165) is 10.0 Å². The lowest BCUT2D eigenvalue weighted by atomic mass is 9.81. The van der Waals surface area contributed by atoms with Crippen LogP contribution in [0.25, 0.3) is 0 Å². The van der Waals surface area contributed by atoms with E-state index in [9.17, 15) is 19.2 Å². The molecule has 10 heteroatoms. The Labute approximate surface area is 225 Å². The number of methoxy groups -OCH3 is 1. The molecule has 2 aromatic rings. The Balaban J connectivity index is 1.75. The summed E-state index contributed by atoms with van der Waals surface area (Å²) in [7, 11) is 1.52. The summed E-state index contributed by atoms with van der Waals surface area (Å²) < 4.78 is 5.15. The average Bonchev–Trinajstić information content (AvgIpc) is 3.08. The number of hydrazine groups is 1. The number of carbonyl (C=O) groups is 4. The molecule has 1 aliphatic heterocycles. The molecule has 0 bridgehead atoms. The van der Waals surface area contributed by atoms with Gasteiger partial charge in [-0.1, -0.05) is 55.6 Å². The number of hydrogen-bond acceptors (Lipinski definition) is 5. The van der Waals surface area contributed by atoms with Crippen LogP contribution in [-0.4, -0.2) is 56.3 Å². The second-order valence-electron chi connectivity index (χ2n) is 8.60. The topological polar surface area (TPSA) is 84.0 Å². The molecule has 1 saturated carbocycles. The van der Waals surface area contributed by atoms with Crippen LogP contribution in [0.2, 0.25) is 5.02 Å². The Morgan fingerprint density at radius 3 is 2.06 bits per heavy atom. The second kappa shape index (κ2) is 10.4. The number of fused-ring (bicyclic) bond motifs is 1. The number of ketones is 1. The van der Waals surface area contributed by atoms with Gasteiger partial charge in [0, 0.05) is 15.2 Å². The molecule has 1 heterocycles. The number of rotatable bonds is 6.